The lowest BCUT2D eigenvalue weighted by Crippen LogP contribution is -2.38. The summed E-state index contributed by atoms with van der Waals surface area (Å²) in [5, 5.41) is 6.33. The lowest BCUT2D eigenvalue weighted by atomic mass is 9.93. The Balaban J connectivity index is 0.00000211. The molecule has 0 aliphatic rings. The smallest absolute Gasteiger partial charge is 0.146 e. The van der Waals surface area contributed by atoms with Crippen LogP contribution in [0.2, 0.25) is 0 Å². The standard InChI is InChI=1S/C16H25FN2O.C2H4/c1-16(2,11-18-3)12-19-10-15(20)8-7-13-5-4-6-14(17)9-13;1-2/h4-6,9,18-19H,7-8,10-12H2,1-3H3;1-2H2. The van der Waals surface area contributed by atoms with Gasteiger partial charge in [-0.05, 0) is 36.6 Å². The molecule has 0 spiro atoms. The second-order valence-corrected chi connectivity index (χ2v) is 5.97. The Hall–Kier alpha value is -1.52. The van der Waals surface area contributed by atoms with Crippen molar-refractivity contribution >= 4 is 5.78 Å². The third kappa shape index (κ3) is 9.42. The van der Waals surface area contributed by atoms with Gasteiger partial charge in [0.2, 0.25) is 0 Å². The molecule has 0 aliphatic carbocycles. The van der Waals surface area contributed by atoms with E-state index in [1.807, 2.05) is 13.1 Å². The van der Waals surface area contributed by atoms with Gasteiger partial charge >= 0.3 is 0 Å². The molecule has 0 aliphatic heterocycles. The van der Waals surface area contributed by atoms with Crippen LogP contribution in [0.4, 0.5) is 4.39 Å². The Morgan fingerprint density at radius 2 is 1.95 bits per heavy atom. The first-order chi connectivity index (χ1) is 10.4. The van der Waals surface area contributed by atoms with Gasteiger partial charge in [0, 0.05) is 19.5 Å². The van der Waals surface area contributed by atoms with Crippen molar-refractivity contribution in [2.45, 2.75) is 26.7 Å². The maximum atomic E-state index is 13.0. The number of rotatable bonds is 9. The minimum atomic E-state index is -0.248. The highest BCUT2D eigenvalue weighted by atomic mass is 19.1. The molecule has 0 amide bonds. The van der Waals surface area contributed by atoms with Gasteiger partial charge < -0.3 is 10.6 Å². The van der Waals surface area contributed by atoms with Gasteiger partial charge in [0.1, 0.15) is 11.6 Å². The molecule has 0 radical (unpaired) electrons. The van der Waals surface area contributed by atoms with Crippen molar-refractivity contribution < 1.29 is 9.18 Å². The number of ketones is 1. The second-order valence-electron chi connectivity index (χ2n) is 5.97. The average Bonchev–Trinajstić information content (AvgIpc) is 2.47. The first kappa shape index (κ1) is 20.5. The molecule has 22 heavy (non-hydrogen) atoms. The van der Waals surface area contributed by atoms with E-state index in [2.05, 4.69) is 37.6 Å². The van der Waals surface area contributed by atoms with Crippen molar-refractivity contribution in [3.05, 3.63) is 48.8 Å². The Kier molecular flexibility index (Phi) is 10.3. The molecule has 0 unspecified atom stereocenters. The number of carbonyl (C=O) groups excluding carboxylic acids is 1. The predicted octanol–water partition coefficient (Wildman–Crippen LogP) is 2.96. The summed E-state index contributed by atoms with van der Waals surface area (Å²) in [7, 11) is 1.92. The first-order valence-corrected chi connectivity index (χ1v) is 7.54. The Bertz CT molecular complexity index is 446. The lowest BCUT2D eigenvalue weighted by molar-refractivity contribution is -0.118. The van der Waals surface area contributed by atoms with Gasteiger partial charge in [-0.1, -0.05) is 26.0 Å². The number of halogens is 1. The summed E-state index contributed by atoms with van der Waals surface area (Å²) in [5.41, 5.74) is 0.992. The zero-order valence-electron chi connectivity index (χ0n) is 14.0. The number of nitrogens with one attached hydrogen (secondary N) is 2. The van der Waals surface area contributed by atoms with E-state index in [9.17, 15) is 9.18 Å². The summed E-state index contributed by atoms with van der Waals surface area (Å²) in [4.78, 5) is 11.8. The fourth-order valence-corrected chi connectivity index (χ4v) is 2.15. The first-order valence-electron chi connectivity index (χ1n) is 7.54. The van der Waals surface area contributed by atoms with Crippen molar-refractivity contribution in [3.8, 4) is 0 Å². The summed E-state index contributed by atoms with van der Waals surface area (Å²) < 4.78 is 13.0. The quantitative estimate of drug-likeness (QED) is 0.689. The highest BCUT2D eigenvalue weighted by Crippen LogP contribution is 2.11. The van der Waals surface area contributed by atoms with Gasteiger partial charge in [-0.2, -0.15) is 0 Å². The molecule has 0 bridgehead atoms. The van der Waals surface area contributed by atoms with Crippen LogP contribution >= 0.6 is 0 Å². The van der Waals surface area contributed by atoms with Crippen molar-refractivity contribution in [1.29, 1.82) is 0 Å². The third-order valence-electron chi connectivity index (χ3n) is 3.16. The monoisotopic (exact) mass is 308 g/mol. The maximum absolute atomic E-state index is 13.0. The summed E-state index contributed by atoms with van der Waals surface area (Å²) in [6, 6.07) is 6.42. The van der Waals surface area contributed by atoms with Crippen molar-refractivity contribution in [2.75, 3.05) is 26.7 Å². The van der Waals surface area contributed by atoms with E-state index in [1.165, 1.54) is 12.1 Å². The van der Waals surface area contributed by atoms with Crippen LogP contribution in [0.1, 0.15) is 25.8 Å². The van der Waals surface area contributed by atoms with E-state index in [4.69, 9.17) is 0 Å². The number of aryl methyl sites for hydroxylation is 1. The van der Waals surface area contributed by atoms with Gasteiger partial charge in [-0.3, -0.25) is 4.79 Å². The van der Waals surface area contributed by atoms with Crippen molar-refractivity contribution in [3.63, 3.8) is 0 Å². The minimum absolute atomic E-state index is 0.123. The molecule has 0 saturated heterocycles. The van der Waals surface area contributed by atoms with Gasteiger partial charge in [-0.15, -0.1) is 13.2 Å². The van der Waals surface area contributed by atoms with Crippen LogP contribution in [0.3, 0.4) is 0 Å². The van der Waals surface area contributed by atoms with E-state index in [0.29, 0.717) is 19.4 Å². The van der Waals surface area contributed by atoms with E-state index in [1.54, 1.807) is 6.07 Å². The topological polar surface area (TPSA) is 41.1 Å². The van der Waals surface area contributed by atoms with Gasteiger partial charge in [-0.25, -0.2) is 4.39 Å². The molecule has 1 rings (SSSR count). The van der Waals surface area contributed by atoms with Crippen LogP contribution in [0.15, 0.2) is 37.4 Å². The van der Waals surface area contributed by atoms with E-state index in [-0.39, 0.29) is 17.0 Å². The molecule has 0 aromatic heterocycles. The Morgan fingerprint density at radius 1 is 1.27 bits per heavy atom. The molecule has 1 aromatic carbocycles. The molecular weight excluding hydrogens is 279 g/mol. The van der Waals surface area contributed by atoms with Crippen LogP contribution in [0, 0.1) is 11.2 Å². The SMILES string of the molecule is C=C.CNCC(C)(C)CNCC(=O)CCc1cccc(F)c1. The fourth-order valence-electron chi connectivity index (χ4n) is 2.15. The van der Waals surface area contributed by atoms with E-state index >= 15 is 0 Å². The largest absolute Gasteiger partial charge is 0.319 e. The number of Topliss-reactive ketones (excluding diaryl/α,β-unsaturated/α-hetero) is 1. The van der Waals surface area contributed by atoms with E-state index < -0.39 is 0 Å². The van der Waals surface area contributed by atoms with Crippen LogP contribution in [-0.4, -0.2) is 32.5 Å². The Labute approximate surface area is 134 Å². The minimum Gasteiger partial charge on any atom is -0.319 e. The molecule has 0 atom stereocenters. The zero-order chi connectivity index (χ0) is 17.0. The van der Waals surface area contributed by atoms with Gasteiger partial charge in [0.15, 0.2) is 0 Å². The summed E-state index contributed by atoms with van der Waals surface area (Å²) in [6.45, 7) is 12.4. The predicted molar refractivity (Wildman–Crippen MR) is 91.6 cm³/mol. The van der Waals surface area contributed by atoms with Crippen LogP contribution in [0.5, 0.6) is 0 Å². The molecule has 0 fully saturated rings. The lowest BCUT2D eigenvalue weighted by Gasteiger charge is -2.24. The summed E-state index contributed by atoms with van der Waals surface area (Å²) in [6.07, 6.45) is 1.04. The number of hydrogen-bond donors (Lipinski definition) is 2. The van der Waals surface area contributed by atoms with Crippen LogP contribution in [-0.2, 0) is 11.2 Å². The number of carbonyl (C=O) groups is 1. The van der Waals surface area contributed by atoms with Gasteiger partial charge in [0.25, 0.3) is 0 Å². The average molecular weight is 308 g/mol. The highest BCUT2D eigenvalue weighted by Gasteiger charge is 2.16. The maximum Gasteiger partial charge on any atom is 0.146 e. The second kappa shape index (κ2) is 11.1. The summed E-state index contributed by atoms with van der Waals surface area (Å²) >= 11 is 0. The molecule has 1 aromatic rings. The third-order valence-corrected chi connectivity index (χ3v) is 3.16. The Morgan fingerprint density at radius 3 is 2.55 bits per heavy atom. The van der Waals surface area contributed by atoms with Crippen LogP contribution < -0.4 is 10.6 Å². The molecule has 2 N–H and O–H groups in total. The number of benzene rings is 1. The van der Waals surface area contributed by atoms with Crippen molar-refractivity contribution in [2.24, 2.45) is 5.41 Å². The molecular formula is C18H29FN2O. The van der Waals surface area contributed by atoms with Crippen molar-refractivity contribution in [1.82, 2.24) is 10.6 Å². The van der Waals surface area contributed by atoms with E-state index in [0.717, 1.165) is 18.7 Å². The molecule has 3 nitrogen and oxygen atoms in total. The molecule has 0 heterocycles. The summed E-state index contributed by atoms with van der Waals surface area (Å²) in [5.74, 6) is -0.0867. The zero-order valence-corrected chi connectivity index (χ0v) is 14.0. The fraction of sp³-hybridized carbons (Fsp3) is 0.500. The van der Waals surface area contributed by atoms with Gasteiger partial charge in [0.05, 0.1) is 6.54 Å². The normalized spacial score (nSPS) is 10.7. The highest BCUT2D eigenvalue weighted by molar-refractivity contribution is 5.80. The number of hydrogen-bond acceptors (Lipinski definition) is 3. The van der Waals surface area contributed by atoms with Crippen LogP contribution in [0.25, 0.3) is 0 Å². The molecule has 124 valence electrons. The molecule has 4 heteroatoms. The molecule has 0 saturated carbocycles.